The van der Waals surface area contributed by atoms with E-state index < -0.39 is 13.3 Å². The third-order valence-electron chi connectivity index (χ3n) is 12.3. The molecule has 0 aliphatic rings. The second kappa shape index (κ2) is 19.9. The molecule has 67 heavy (non-hydrogen) atoms. The summed E-state index contributed by atoms with van der Waals surface area (Å²) in [5.74, 6) is 8.77. The van der Waals surface area contributed by atoms with Crippen molar-refractivity contribution in [3.8, 4) is 39.5 Å². The number of hydrogen-bond acceptors (Lipinski definition) is 3. The summed E-state index contributed by atoms with van der Waals surface area (Å²) in [6.07, 6.45) is 4.23. The first kappa shape index (κ1) is 49.8. The molecular weight excluding hydrogens is 1060 g/mol. The van der Waals surface area contributed by atoms with E-state index in [9.17, 15) is 0 Å². The van der Waals surface area contributed by atoms with Crippen LogP contribution >= 0.6 is 0 Å². The molecule has 0 spiro atoms. The summed E-state index contributed by atoms with van der Waals surface area (Å²) in [6.45, 7) is 22.9. The average Bonchev–Trinajstić information content (AvgIpc) is 3.83. The summed E-state index contributed by atoms with van der Waals surface area (Å²) in [6, 6.07) is 52.0. The van der Waals surface area contributed by atoms with Gasteiger partial charge in [-0.2, -0.15) is 0 Å². The second-order valence-corrected chi connectivity index (χ2v) is 32.8. The van der Waals surface area contributed by atoms with Gasteiger partial charge in [0.1, 0.15) is 5.58 Å². The predicted octanol–water partition coefficient (Wildman–Crippen LogP) is 16.6. The standard InChI is InChI=1S/C42H41N2O.C19H26GeN.Ir/c1-26(2)34-23-30(29-14-9-8-10-15-29)24-35(27(3)4)39(34)44-37-19-12-11-18-36(37)43-41(44)33-17-13-16-32-31-21-20-28(25-42(5,6)7)22-38(31)45-40(32)33;1-19(2,3)13-16-12-18(15-10-8-7-9-11-15)21-14-17(16)20(4,5)6;/h8-16,18-24,26-27H,25H2,1-7H3;7-10,12,14H,13H2,1-6H3;/q2*-1;. The molecule has 347 valence electrons. The minimum atomic E-state index is -1.90. The van der Waals surface area contributed by atoms with Crippen molar-refractivity contribution in [2.75, 3.05) is 0 Å². The predicted molar refractivity (Wildman–Crippen MR) is 284 cm³/mol. The van der Waals surface area contributed by atoms with Gasteiger partial charge in [0.2, 0.25) is 0 Å². The third kappa shape index (κ3) is 11.1. The number of benzene rings is 6. The van der Waals surface area contributed by atoms with Crippen LogP contribution in [0.3, 0.4) is 0 Å². The summed E-state index contributed by atoms with van der Waals surface area (Å²) < 4.78 is 10.6. The Kier molecular flexibility index (Phi) is 14.8. The quantitative estimate of drug-likeness (QED) is 0.107. The molecule has 0 atom stereocenters. The Labute approximate surface area is 416 Å². The summed E-state index contributed by atoms with van der Waals surface area (Å²) in [5, 5.41) is 2.21. The summed E-state index contributed by atoms with van der Waals surface area (Å²) >= 11 is -1.90. The molecule has 6 heteroatoms. The van der Waals surface area contributed by atoms with Crippen LogP contribution in [0.4, 0.5) is 0 Å². The van der Waals surface area contributed by atoms with Crippen LogP contribution in [0.2, 0.25) is 17.3 Å². The number of pyridine rings is 1. The van der Waals surface area contributed by atoms with E-state index in [4.69, 9.17) is 14.4 Å². The SMILES string of the molecule is CC(C)(C)Cc1cc(-c2[c-]cccc2)nc[c]1[Ge]([CH3])([CH3])[CH3].CC(C)c1cc(-c2ccccc2)cc(C(C)C)c1-n1c(-c2[c-]ccc3c2oc2cc(CC(C)(C)C)ccc23)nc2ccccc21.[Ir]. The molecule has 0 bridgehead atoms. The van der Waals surface area contributed by atoms with E-state index in [0.29, 0.717) is 17.3 Å². The molecule has 0 aliphatic heterocycles. The van der Waals surface area contributed by atoms with Gasteiger partial charge in [0.25, 0.3) is 0 Å². The van der Waals surface area contributed by atoms with Gasteiger partial charge in [0.15, 0.2) is 0 Å². The molecule has 4 nitrogen and oxygen atoms in total. The van der Waals surface area contributed by atoms with Crippen molar-refractivity contribution in [2.24, 2.45) is 10.8 Å². The van der Waals surface area contributed by atoms with Gasteiger partial charge < -0.3 is 8.98 Å². The number of furan rings is 1. The molecule has 0 unspecified atom stereocenters. The normalized spacial score (nSPS) is 12.2. The van der Waals surface area contributed by atoms with Crippen LogP contribution < -0.4 is 4.40 Å². The van der Waals surface area contributed by atoms with Crippen LogP contribution in [0.1, 0.15) is 103 Å². The van der Waals surface area contributed by atoms with E-state index in [1.807, 2.05) is 24.3 Å². The summed E-state index contributed by atoms with van der Waals surface area (Å²) in [7, 11) is 0. The van der Waals surface area contributed by atoms with E-state index in [0.717, 1.165) is 68.5 Å². The minimum Gasteiger partial charge on any atom is -0.501 e. The molecule has 0 amide bonds. The number of fused-ring (bicyclic) bond motifs is 4. The fraction of sp³-hybridized carbons (Fsp3) is 0.311. The number of hydrogen-bond donors (Lipinski definition) is 0. The smallest absolute Gasteiger partial charge is 0.121 e. The molecule has 3 heterocycles. The Morgan fingerprint density at radius 2 is 1.31 bits per heavy atom. The Balaban J connectivity index is 0.000000255. The molecule has 6 aromatic carbocycles. The monoisotopic (exact) mass is 1120 g/mol. The molecule has 1 radical (unpaired) electrons. The number of aromatic nitrogens is 3. The molecule has 3 aromatic heterocycles. The van der Waals surface area contributed by atoms with Crippen LogP contribution in [0, 0.1) is 23.0 Å². The Hall–Kier alpha value is -5.07. The van der Waals surface area contributed by atoms with Crippen LogP contribution in [0.5, 0.6) is 0 Å². The molecule has 0 N–H and O–H groups in total. The van der Waals surface area contributed by atoms with E-state index in [1.165, 1.54) is 43.5 Å². The Bertz CT molecular complexity index is 3110. The zero-order valence-electron chi connectivity index (χ0n) is 41.9. The van der Waals surface area contributed by atoms with Gasteiger partial charge in [-0.15, -0.1) is 18.2 Å². The van der Waals surface area contributed by atoms with Crippen LogP contribution in [-0.4, -0.2) is 27.8 Å². The molecule has 0 saturated heterocycles. The van der Waals surface area contributed by atoms with Crippen molar-refractivity contribution in [2.45, 2.75) is 111 Å². The van der Waals surface area contributed by atoms with Crippen molar-refractivity contribution >= 4 is 50.6 Å². The van der Waals surface area contributed by atoms with Crippen molar-refractivity contribution in [1.82, 2.24) is 14.5 Å². The first-order valence-corrected chi connectivity index (χ1v) is 31.1. The summed E-state index contributed by atoms with van der Waals surface area (Å²) in [5.41, 5.74) is 16.3. The fourth-order valence-electron chi connectivity index (χ4n) is 9.30. The molecule has 0 fully saturated rings. The first-order chi connectivity index (χ1) is 31.3. The molecule has 9 aromatic rings. The van der Waals surface area contributed by atoms with Gasteiger partial charge >= 0.3 is 132 Å². The van der Waals surface area contributed by atoms with E-state index >= 15 is 0 Å². The zero-order valence-corrected chi connectivity index (χ0v) is 46.3. The maximum Gasteiger partial charge on any atom is 0.121 e. The first-order valence-electron chi connectivity index (χ1n) is 23.8. The maximum absolute atomic E-state index is 6.73. The van der Waals surface area contributed by atoms with Crippen LogP contribution in [0.15, 0.2) is 138 Å². The fourth-order valence-corrected chi connectivity index (χ4v) is 12.6. The number of rotatable bonds is 9. The van der Waals surface area contributed by atoms with Crippen LogP contribution in [-0.2, 0) is 32.9 Å². The number of imidazole rings is 1. The van der Waals surface area contributed by atoms with E-state index in [-0.39, 0.29) is 25.5 Å². The van der Waals surface area contributed by atoms with Gasteiger partial charge in [-0.3, -0.25) is 4.98 Å². The minimum absolute atomic E-state index is 0. The van der Waals surface area contributed by atoms with Crippen LogP contribution in [0.25, 0.3) is 72.4 Å². The van der Waals surface area contributed by atoms with Crippen molar-refractivity contribution in [3.05, 3.63) is 168 Å². The average molecular weight is 1120 g/mol. The van der Waals surface area contributed by atoms with Crippen molar-refractivity contribution in [1.29, 1.82) is 0 Å². The van der Waals surface area contributed by atoms with Gasteiger partial charge in [-0.25, -0.2) is 0 Å². The Morgan fingerprint density at radius 3 is 1.94 bits per heavy atom. The van der Waals surface area contributed by atoms with Gasteiger partial charge in [0.05, 0.1) is 22.4 Å². The van der Waals surface area contributed by atoms with Gasteiger partial charge in [-0.1, -0.05) is 114 Å². The zero-order chi connectivity index (χ0) is 47.1. The van der Waals surface area contributed by atoms with Gasteiger partial charge in [-0.05, 0) is 81.8 Å². The van der Waals surface area contributed by atoms with E-state index in [1.54, 1.807) is 0 Å². The molecule has 9 rings (SSSR count). The Morgan fingerprint density at radius 1 is 0.657 bits per heavy atom. The van der Waals surface area contributed by atoms with Crippen molar-refractivity contribution < 1.29 is 24.5 Å². The van der Waals surface area contributed by atoms with E-state index in [2.05, 4.69) is 213 Å². The topological polar surface area (TPSA) is 43.9 Å². The summed E-state index contributed by atoms with van der Waals surface area (Å²) in [4.78, 5) is 10.0. The third-order valence-corrected chi connectivity index (χ3v) is 16.6. The molecular formula is C61H67GeIrN3O-2. The van der Waals surface area contributed by atoms with Crippen molar-refractivity contribution in [3.63, 3.8) is 0 Å². The second-order valence-electron chi connectivity index (χ2n) is 22.2. The maximum atomic E-state index is 6.73. The number of para-hydroxylation sites is 2. The largest absolute Gasteiger partial charge is 0.501 e. The molecule has 0 aliphatic carbocycles. The van der Waals surface area contributed by atoms with Gasteiger partial charge in [0, 0.05) is 31.2 Å². The molecule has 0 saturated carbocycles. The number of nitrogens with zero attached hydrogens (tertiary/aromatic N) is 3.